The number of fused-ring (bicyclic) bond motifs is 1. The van der Waals surface area contributed by atoms with Crippen LogP contribution in [-0.4, -0.2) is 12.5 Å². The Hall–Kier alpha value is -2.16. The van der Waals surface area contributed by atoms with Crippen molar-refractivity contribution in [3.8, 4) is 0 Å². The largest absolute Gasteiger partial charge is 0.353 e. The fraction of sp³-hybridized carbons (Fsp3) is 0.133. The summed E-state index contributed by atoms with van der Waals surface area (Å²) in [4.78, 5) is 10.7. The smallest absolute Gasteiger partial charge is 0.217 e. The van der Waals surface area contributed by atoms with Crippen LogP contribution in [0.1, 0.15) is 12.5 Å². The molecule has 92 valence electrons. The molecule has 1 amide bonds. The standard InChI is InChI=1S/C15H14FNO/c1-11(18)17-10-4-5-12-8-9-15(16)14-7-3-2-6-13(12)14/h2-9H,10H2,1H3,(H,17,18). The molecule has 0 saturated heterocycles. The number of hydrogen-bond donors (Lipinski definition) is 1. The molecule has 0 aliphatic heterocycles. The van der Waals surface area contributed by atoms with E-state index in [0.29, 0.717) is 11.9 Å². The lowest BCUT2D eigenvalue weighted by atomic mass is 10.0. The third-order valence-corrected chi connectivity index (χ3v) is 2.67. The lowest BCUT2D eigenvalue weighted by Gasteiger charge is -2.03. The number of amides is 1. The number of halogens is 1. The van der Waals surface area contributed by atoms with Crippen LogP contribution in [0.15, 0.2) is 42.5 Å². The number of benzene rings is 2. The molecule has 0 saturated carbocycles. The second-order valence-electron chi connectivity index (χ2n) is 4.02. The van der Waals surface area contributed by atoms with Crippen molar-refractivity contribution >= 4 is 22.8 Å². The lowest BCUT2D eigenvalue weighted by Crippen LogP contribution is -2.19. The van der Waals surface area contributed by atoms with Gasteiger partial charge in [0.25, 0.3) is 0 Å². The number of rotatable bonds is 3. The Balaban J connectivity index is 2.29. The molecule has 0 bridgehead atoms. The SMILES string of the molecule is CC(=O)NCC=Cc1ccc(F)c2ccccc12. The third-order valence-electron chi connectivity index (χ3n) is 2.67. The molecule has 0 unspecified atom stereocenters. The zero-order valence-corrected chi connectivity index (χ0v) is 10.1. The van der Waals surface area contributed by atoms with Gasteiger partial charge in [-0.2, -0.15) is 0 Å². The molecule has 0 spiro atoms. The first-order valence-electron chi connectivity index (χ1n) is 5.76. The molecule has 2 rings (SSSR count). The Morgan fingerprint density at radius 3 is 2.67 bits per heavy atom. The minimum atomic E-state index is -0.218. The van der Waals surface area contributed by atoms with Gasteiger partial charge in [-0.25, -0.2) is 4.39 Å². The van der Waals surface area contributed by atoms with Crippen LogP contribution in [0, 0.1) is 5.82 Å². The van der Waals surface area contributed by atoms with Crippen LogP contribution < -0.4 is 5.32 Å². The Morgan fingerprint density at radius 2 is 1.94 bits per heavy atom. The molecule has 0 aliphatic carbocycles. The molecule has 0 atom stereocenters. The Kier molecular flexibility index (Phi) is 3.72. The maximum Gasteiger partial charge on any atom is 0.217 e. The molecular weight excluding hydrogens is 229 g/mol. The van der Waals surface area contributed by atoms with Gasteiger partial charge >= 0.3 is 0 Å². The minimum Gasteiger partial charge on any atom is -0.353 e. The average molecular weight is 243 g/mol. The second kappa shape index (κ2) is 5.45. The van der Waals surface area contributed by atoms with Crippen molar-refractivity contribution in [2.75, 3.05) is 6.54 Å². The molecule has 0 heterocycles. The topological polar surface area (TPSA) is 29.1 Å². The fourth-order valence-electron chi connectivity index (χ4n) is 1.82. The maximum absolute atomic E-state index is 13.6. The zero-order valence-electron chi connectivity index (χ0n) is 10.1. The summed E-state index contributed by atoms with van der Waals surface area (Å²) in [6.45, 7) is 1.95. The molecule has 3 heteroatoms. The quantitative estimate of drug-likeness (QED) is 0.881. The van der Waals surface area contributed by atoms with Crippen LogP contribution in [0.2, 0.25) is 0 Å². The van der Waals surface area contributed by atoms with Crippen molar-refractivity contribution in [1.29, 1.82) is 0 Å². The molecular formula is C15H14FNO. The zero-order chi connectivity index (χ0) is 13.0. The van der Waals surface area contributed by atoms with E-state index in [1.807, 2.05) is 30.4 Å². The van der Waals surface area contributed by atoms with Crippen molar-refractivity contribution < 1.29 is 9.18 Å². The predicted molar refractivity (Wildman–Crippen MR) is 71.6 cm³/mol. The van der Waals surface area contributed by atoms with E-state index in [-0.39, 0.29) is 11.7 Å². The van der Waals surface area contributed by atoms with E-state index < -0.39 is 0 Å². The number of nitrogens with one attached hydrogen (secondary N) is 1. The van der Waals surface area contributed by atoms with Crippen LogP contribution in [0.25, 0.3) is 16.8 Å². The van der Waals surface area contributed by atoms with Crippen molar-refractivity contribution in [2.24, 2.45) is 0 Å². The molecule has 2 nitrogen and oxygen atoms in total. The van der Waals surface area contributed by atoms with E-state index in [0.717, 1.165) is 10.9 Å². The highest BCUT2D eigenvalue weighted by Crippen LogP contribution is 2.22. The monoisotopic (exact) mass is 243 g/mol. The van der Waals surface area contributed by atoms with E-state index in [1.165, 1.54) is 13.0 Å². The van der Waals surface area contributed by atoms with E-state index in [2.05, 4.69) is 5.32 Å². The minimum absolute atomic E-state index is 0.0661. The fourth-order valence-corrected chi connectivity index (χ4v) is 1.82. The van der Waals surface area contributed by atoms with Crippen LogP contribution in [0.3, 0.4) is 0 Å². The van der Waals surface area contributed by atoms with Gasteiger partial charge < -0.3 is 5.32 Å². The summed E-state index contributed by atoms with van der Waals surface area (Å²) >= 11 is 0. The summed E-state index contributed by atoms with van der Waals surface area (Å²) in [5, 5.41) is 4.16. The summed E-state index contributed by atoms with van der Waals surface area (Å²) in [5.74, 6) is -0.284. The van der Waals surface area contributed by atoms with Gasteiger partial charge in [0.1, 0.15) is 5.82 Å². The maximum atomic E-state index is 13.6. The number of hydrogen-bond acceptors (Lipinski definition) is 1. The van der Waals surface area contributed by atoms with Crippen LogP contribution in [0.5, 0.6) is 0 Å². The normalized spacial score (nSPS) is 11.0. The molecule has 1 N–H and O–H groups in total. The van der Waals surface area contributed by atoms with Gasteiger partial charge in [0.2, 0.25) is 5.91 Å². The molecule has 2 aromatic carbocycles. The van der Waals surface area contributed by atoms with Crippen molar-refractivity contribution in [3.63, 3.8) is 0 Å². The van der Waals surface area contributed by atoms with Crippen molar-refractivity contribution in [3.05, 3.63) is 53.9 Å². The van der Waals surface area contributed by atoms with Gasteiger partial charge in [0.05, 0.1) is 0 Å². The van der Waals surface area contributed by atoms with Crippen molar-refractivity contribution in [2.45, 2.75) is 6.92 Å². The second-order valence-corrected chi connectivity index (χ2v) is 4.02. The lowest BCUT2D eigenvalue weighted by molar-refractivity contribution is -0.118. The summed E-state index contributed by atoms with van der Waals surface area (Å²) in [6.07, 6.45) is 3.73. The number of carbonyl (C=O) groups is 1. The molecule has 2 aromatic rings. The predicted octanol–water partition coefficient (Wildman–Crippen LogP) is 3.13. The highest BCUT2D eigenvalue weighted by Gasteiger charge is 2.02. The molecule has 0 fully saturated rings. The van der Waals surface area contributed by atoms with Crippen LogP contribution in [-0.2, 0) is 4.79 Å². The van der Waals surface area contributed by atoms with Crippen molar-refractivity contribution in [1.82, 2.24) is 5.32 Å². The van der Waals surface area contributed by atoms with E-state index >= 15 is 0 Å². The summed E-state index contributed by atoms with van der Waals surface area (Å²) in [7, 11) is 0. The molecule has 18 heavy (non-hydrogen) atoms. The number of carbonyl (C=O) groups excluding carboxylic acids is 1. The van der Waals surface area contributed by atoms with Gasteiger partial charge in [-0.3, -0.25) is 4.79 Å². The highest BCUT2D eigenvalue weighted by atomic mass is 19.1. The Labute approximate surface area is 105 Å². The first kappa shape index (κ1) is 12.3. The van der Waals surface area contributed by atoms with E-state index in [9.17, 15) is 9.18 Å². The van der Waals surface area contributed by atoms with E-state index in [1.54, 1.807) is 12.1 Å². The average Bonchev–Trinajstić information content (AvgIpc) is 2.37. The Morgan fingerprint density at radius 1 is 1.22 bits per heavy atom. The first-order chi connectivity index (χ1) is 8.68. The summed E-state index contributed by atoms with van der Waals surface area (Å²) in [6, 6.07) is 10.5. The van der Waals surface area contributed by atoms with Gasteiger partial charge in [-0.1, -0.05) is 42.5 Å². The van der Waals surface area contributed by atoms with Gasteiger partial charge in [-0.05, 0) is 17.0 Å². The first-order valence-corrected chi connectivity index (χ1v) is 5.76. The molecule has 0 aliphatic rings. The molecule has 0 radical (unpaired) electrons. The van der Waals surface area contributed by atoms with E-state index in [4.69, 9.17) is 0 Å². The van der Waals surface area contributed by atoms with Gasteiger partial charge in [0, 0.05) is 18.9 Å². The Bertz CT molecular complexity index is 604. The van der Waals surface area contributed by atoms with Gasteiger partial charge in [-0.15, -0.1) is 0 Å². The van der Waals surface area contributed by atoms with Crippen LogP contribution >= 0.6 is 0 Å². The molecule has 0 aromatic heterocycles. The summed E-state index contributed by atoms with van der Waals surface area (Å²) < 4.78 is 13.6. The van der Waals surface area contributed by atoms with Gasteiger partial charge in [0.15, 0.2) is 0 Å². The highest BCUT2D eigenvalue weighted by molar-refractivity contribution is 5.91. The summed E-state index contributed by atoms with van der Waals surface area (Å²) in [5.41, 5.74) is 0.942. The van der Waals surface area contributed by atoms with Crippen LogP contribution in [0.4, 0.5) is 4.39 Å². The third kappa shape index (κ3) is 2.74.